The molecule has 2 N–H and O–H groups in total. The van der Waals surface area contributed by atoms with Crippen molar-refractivity contribution in [3.05, 3.63) is 175 Å². The quantitative estimate of drug-likeness (QED) is 0.162. The first kappa shape index (κ1) is 29.9. The number of hydrogen-bond donors (Lipinski definition) is 2. The standard InChI is InChI=1S/C39H26Br2Cl2N2/c40-28-18-14-26(15-19-28)34-22-30(24-8-3-1-4-9-24)38(44-34)37(36-32(42)12-7-13-33(36)43)39-31(25-10-5-2-6-11-25)23-35(45-39)27-16-20-29(41)21-17-27/h1-23,37,44-45H. The zero-order chi connectivity index (χ0) is 30.9. The fraction of sp³-hybridized carbons (Fsp3) is 0.0256. The topological polar surface area (TPSA) is 31.6 Å². The lowest BCUT2D eigenvalue weighted by Gasteiger charge is -2.22. The predicted octanol–water partition coefficient (Wildman–Crippen LogP) is 13.0. The summed E-state index contributed by atoms with van der Waals surface area (Å²) < 4.78 is 2.06. The van der Waals surface area contributed by atoms with Crippen LogP contribution in [0.25, 0.3) is 44.8 Å². The van der Waals surface area contributed by atoms with Crippen molar-refractivity contribution in [3.63, 3.8) is 0 Å². The number of benzene rings is 5. The minimum atomic E-state index is -0.356. The fourth-order valence-corrected chi connectivity index (χ4v) is 7.04. The third-order valence-corrected chi connectivity index (χ3v) is 9.76. The number of nitrogens with one attached hydrogen (secondary N) is 2. The molecule has 2 heterocycles. The second-order valence-corrected chi connectivity index (χ2v) is 13.5. The minimum absolute atomic E-state index is 0.356. The van der Waals surface area contributed by atoms with Crippen molar-refractivity contribution in [2.75, 3.05) is 0 Å². The average molecular weight is 753 g/mol. The molecule has 0 spiro atoms. The highest BCUT2D eigenvalue weighted by molar-refractivity contribution is 9.10. The van der Waals surface area contributed by atoms with Gasteiger partial charge in [0.1, 0.15) is 0 Å². The van der Waals surface area contributed by atoms with E-state index >= 15 is 0 Å². The van der Waals surface area contributed by atoms with E-state index in [0.29, 0.717) is 10.0 Å². The van der Waals surface area contributed by atoms with E-state index in [1.807, 2.05) is 30.3 Å². The average Bonchev–Trinajstić information content (AvgIpc) is 3.70. The number of aromatic amines is 2. The molecule has 5 aromatic carbocycles. The predicted molar refractivity (Wildman–Crippen MR) is 196 cm³/mol. The molecule has 7 rings (SSSR count). The van der Waals surface area contributed by atoms with Gasteiger partial charge in [-0.15, -0.1) is 0 Å². The zero-order valence-corrected chi connectivity index (χ0v) is 28.6. The molecule has 0 saturated heterocycles. The highest BCUT2D eigenvalue weighted by Gasteiger charge is 2.31. The van der Waals surface area contributed by atoms with Crippen LogP contribution in [-0.2, 0) is 0 Å². The molecule has 0 aliphatic heterocycles. The van der Waals surface area contributed by atoms with Crippen LogP contribution in [0.3, 0.4) is 0 Å². The third-order valence-electron chi connectivity index (χ3n) is 8.04. The maximum Gasteiger partial charge on any atom is 0.0683 e. The van der Waals surface area contributed by atoms with Gasteiger partial charge in [-0.3, -0.25) is 0 Å². The second kappa shape index (κ2) is 12.9. The first-order valence-corrected chi connectivity index (χ1v) is 16.8. The Morgan fingerprint density at radius 2 is 0.844 bits per heavy atom. The first-order valence-electron chi connectivity index (χ1n) is 14.5. The van der Waals surface area contributed by atoms with Gasteiger partial charge in [0.15, 0.2) is 0 Å². The van der Waals surface area contributed by atoms with Gasteiger partial charge in [0.25, 0.3) is 0 Å². The summed E-state index contributed by atoms with van der Waals surface area (Å²) in [6.07, 6.45) is 0. The lowest BCUT2D eigenvalue weighted by atomic mass is 9.85. The van der Waals surface area contributed by atoms with E-state index in [4.69, 9.17) is 23.2 Å². The molecule has 0 aliphatic rings. The van der Waals surface area contributed by atoms with Crippen LogP contribution in [0.4, 0.5) is 0 Å². The van der Waals surface area contributed by atoms with Crippen LogP contribution in [0.15, 0.2) is 148 Å². The molecule has 45 heavy (non-hydrogen) atoms. The Hall–Kier alpha value is -3.80. The van der Waals surface area contributed by atoms with E-state index in [1.54, 1.807) is 0 Å². The van der Waals surface area contributed by atoms with Crippen molar-refractivity contribution in [1.82, 2.24) is 9.97 Å². The minimum Gasteiger partial charge on any atom is -0.357 e. The molecule has 0 bridgehead atoms. The van der Waals surface area contributed by atoms with Crippen LogP contribution in [0.2, 0.25) is 10.0 Å². The highest BCUT2D eigenvalue weighted by atomic mass is 79.9. The summed E-state index contributed by atoms with van der Waals surface area (Å²) in [6.45, 7) is 0. The summed E-state index contributed by atoms with van der Waals surface area (Å²) in [7, 11) is 0. The Morgan fingerprint density at radius 1 is 0.444 bits per heavy atom. The van der Waals surface area contributed by atoms with E-state index < -0.39 is 0 Å². The molecule has 0 unspecified atom stereocenters. The number of aromatic nitrogens is 2. The molecule has 220 valence electrons. The Morgan fingerprint density at radius 3 is 1.24 bits per heavy atom. The molecular weight excluding hydrogens is 727 g/mol. The first-order chi connectivity index (χ1) is 22.0. The zero-order valence-electron chi connectivity index (χ0n) is 23.9. The van der Waals surface area contributed by atoms with Gasteiger partial charge in [0, 0.05) is 58.5 Å². The molecule has 2 nitrogen and oxygen atoms in total. The molecule has 0 atom stereocenters. The van der Waals surface area contributed by atoms with Gasteiger partial charge in [0.05, 0.1) is 5.92 Å². The lowest BCUT2D eigenvalue weighted by Crippen LogP contribution is -2.09. The van der Waals surface area contributed by atoms with Crippen LogP contribution in [0.5, 0.6) is 0 Å². The molecule has 7 aromatic rings. The Labute approximate surface area is 289 Å². The second-order valence-electron chi connectivity index (χ2n) is 10.8. The van der Waals surface area contributed by atoms with E-state index in [9.17, 15) is 0 Å². The molecule has 2 aromatic heterocycles. The van der Waals surface area contributed by atoms with Crippen molar-refractivity contribution in [1.29, 1.82) is 0 Å². The smallest absolute Gasteiger partial charge is 0.0683 e. The Balaban J connectivity index is 1.55. The molecule has 0 saturated carbocycles. The van der Waals surface area contributed by atoms with E-state index in [-0.39, 0.29) is 5.92 Å². The highest BCUT2D eigenvalue weighted by Crippen LogP contribution is 2.47. The number of rotatable bonds is 7. The molecule has 0 amide bonds. The van der Waals surface area contributed by atoms with Crippen LogP contribution in [0, 0.1) is 0 Å². The Bertz CT molecular complexity index is 1930. The van der Waals surface area contributed by atoms with Crippen molar-refractivity contribution >= 4 is 55.1 Å². The van der Waals surface area contributed by atoms with Gasteiger partial charge in [-0.1, -0.05) is 146 Å². The number of hydrogen-bond acceptors (Lipinski definition) is 0. The molecule has 0 fully saturated rings. The normalized spacial score (nSPS) is 11.3. The third kappa shape index (κ3) is 6.08. The molecular formula is C39H26Br2Cl2N2. The SMILES string of the molecule is Clc1cccc(Cl)c1C(c1[nH]c(-c2ccc(Br)cc2)cc1-c1ccccc1)c1[nH]c(-c2ccc(Br)cc2)cc1-c1ccccc1. The van der Waals surface area contributed by atoms with Crippen LogP contribution >= 0.6 is 55.1 Å². The largest absolute Gasteiger partial charge is 0.357 e. The van der Waals surface area contributed by atoms with E-state index in [1.165, 1.54) is 0 Å². The summed E-state index contributed by atoms with van der Waals surface area (Å²) in [5, 5.41) is 1.20. The van der Waals surface area contributed by atoms with Crippen LogP contribution < -0.4 is 0 Å². The van der Waals surface area contributed by atoms with Gasteiger partial charge < -0.3 is 9.97 Å². The van der Waals surface area contributed by atoms with Crippen LogP contribution in [0.1, 0.15) is 22.9 Å². The summed E-state index contributed by atoms with van der Waals surface area (Å²) in [5.74, 6) is -0.356. The van der Waals surface area contributed by atoms with Crippen molar-refractivity contribution in [3.8, 4) is 44.8 Å². The number of halogens is 4. The van der Waals surface area contributed by atoms with Gasteiger partial charge >= 0.3 is 0 Å². The van der Waals surface area contributed by atoms with Crippen LogP contribution in [-0.4, -0.2) is 9.97 Å². The maximum absolute atomic E-state index is 7.08. The summed E-state index contributed by atoms with van der Waals surface area (Å²) in [5.41, 5.74) is 11.3. The van der Waals surface area contributed by atoms with Gasteiger partial charge in [-0.2, -0.15) is 0 Å². The molecule has 0 radical (unpaired) electrons. The van der Waals surface area contributed by atoms with Gasteiger partial charge in [-0.05, 0) is 70.8 Å². The van der Waals surface area contributed by atoms with E-state index in [0.717, 1.165) is 70.7 Å². The summed E-state index contributed by atoms with van der Waals surface area (Å²) in [4.78, 5) is 7.69. The van der Waals surface area contributed by atoms with E-state index in [2.05, 4.69) is 151 Å². The van der Waals surface area contributed by atoms with Gasteiger partial charge in [-0.25, -0.2) is 0 Å². The van der Waals surface area contributed by atoms with Crippen molar-refractivity contribution in [2.45, 2.75) is 5.92 Å². The molecule has 6 heteroatoms. The Kier molecular flexibility index (Phi) is 8.57. The van der Waals surface area contributed by atoms with Gasteiger partial charge in [0.2, 0.25) is 0 Å². The van der Waals surface area contributed by atoms with Crippen molar-refractivity contribution in [2.24, 2.45) is 0 Å². The monoisotopic (exact) mass is 750 g/mol. The summed E-state index contributed by atoms with van der Waals surface area (Å²) in [6, 6.07) is 47.8. The maximum atomic E-state index is 7.08. The number of H-pyrrole nitrogens is 2. The summed E-state index contributed by atoms with van der Waals surface area (Å²) >= 11 is 21.3. The van der Waals surface area contributed by atoms with Crippen molar-refractivity contribution < 1.29 is 0 Å². The molecule has 0 aliphatic carbocycles. The lowest BCUT2D eigenvalue weighted by molar-refractivity contribution is 0.904. The fourth-order valence-electron chi connectivity index (χ4n) is 5.90.